The number of hydrogen-bond acceptors (Lipinski definition) is 3. The number of aliphatic carboxylic acids is 1. The maximum atomic E-state index is 11.1. The zero-order valence-corrected chi connectivity index (χ0v) is 10.3. The highest BCUT2D eigenvalue weighted by atomic mass is 79.9. The minimum Gasteiger partial charge on any atom is -0.480 e. The SMILES string of the molecule is CC(Br)C(=O)NCCCC[C@H](N)C(=O)O. The van der Waals surface area contributed by atoms with Crippen molar-refractivity contribution in [2.45, 2.75) is 37.1 Å². The van der Waals surface area contributed by atoms with Crippen molar-refractivity contribution in [2.24, 2.45) is 5.73 Å². The summed E-state index contributed by atoms with van der Waals surface area (Å²) in [6.07, 6.45) is 1.88. The highest BCUT2D eigenvalue weighted by Crippen LogP contribution is 2.00. The van der Waals surface area contributed by atoms with Crippen LogP contribution in [-0.4, -0.2) is 34.4 Å². The molecule has 15 heavy (non-hydrogen) atoms. The highest BCUT2D eigenvalue weighted by Gasteiger charge is 2.10. The van der Waals surface area contributed by atoms with Crippen molar-refractivity contribution in [3.63, 3.8) is 0 Å². The van der Waals surface area contributed by atoms with Crippen LogP contribution in [0.15, 0.2) is 0 Å². The van der Waals surface area contributed by atoms with Gasteiger partial charge in [-0.1, -0.05) is 15.9 Å². The number of carboxylic acid groups (broad SMARTS) is 1. The molecule has 0 aromatic heterocycles. The number of alkyl halides is 1. The van der Waals surface area contributed by atoms with Crippen LogP contribution in [0.3, 0.4) is 0 Å². The number of nitrogens with two attached hydrogens (primary N) is 1. The van der Waals surface area contributed by atoms with Gasteiger partial charge in [0.25, 0.3) is 0 Å². The number of halogens is 1. The van der Waals surface area contributed by atoms with E-state index in [1.807, 2.05) is 0 Å². The van der Waals surface area contributed by atoms with E-state index in [4.69, 9.17) is 10.8 Å². The second-order valence-electron chi connectivity index (χ2n) is 3.35. The molecule has 4 N–H and O–H groups in total. The minimum absolute atomic E-state index is 0.0578. The zero-order chi connectivity index (χ0) is 11.8. The number of amides is 1. The second kappa shape index (κ2) is 7.64. The summed E-state index contributed by atoms with van der Waals surface area (Å²) in [5.74, 6) is -1.04. The summed E-state index contributed by atoms with van der Waals surface area (Å²) in [7, 11) is 0. The van der Waals surface area contributed by atoms with Crippen LogP contribution < -0.4 is 11.1 Å². The molecular weight excluding hydrogens is 264 g/mol. The maximum absolute atomic E-state index is 11.1. The molecule has 0 aliphatic rings. The first-order valence-electron chi connectivity index (χ1n) is 4.85. The topological polar surface area (TPSA) is 92.4 Å². The van der Waals surface area contributed by atoms with Crippen molar-refractivity contribution < 1.29 is 14.7 Å². The summed E-state index contributed by atoms with van der Waals surface area (Å²) in [5.41, 5.74) is 5.31. The van der Waals surface area contributed by atoms with Crippen LogP contribution in [0, 0.1) is 0 Å². The average molecular weight is 281 g/mol. The fourth-order valence-corrected chi connectivity index (χ4v) is 1.13. The van der Waals surface area contributed by atoms with E-state index < -0.39 is 12.0 Å². The molecule has 0 aliphatic heterocycles. The third-order valence-electron chi connectivity index (χ3n) is 1.92. The van der Waals surface area contributed by atoms with Crippen molar-refractivity contribution >= 4 is 27.8 Å². The van der Waals surface area contributed by atoms with Crippen molar-refractivity contribution in [1.29, 1.82) is 0 Å². The van der Waals surface area contributed by atoms with Gasteiger partial charge in [0.2, 0.25) is 5.91 Å². The minimum atomic E-state index is -0.979. The third-order valence-corrected chi connectivity index (χ3v) is 2.34. The Kier molecular flexibility index (Phi) is 7.33. The largest absolute Gasteiger partial charge is 0.480 e. The lowest BCUT2D eigenvalue weighted by atomic mass is 10.1. The Labute approximate surface area is 97.5 Å². The molecule has 0 radical (unpaired) electrons. The van der Waals surface area contributed by atoms with Gasteiger partial charge in [-0.05, 0) is 26.2 Å². The molecule has 0 bridgehead atoms. The molecule has 1 amide bonds. The average Bonchev–Trinajstić information content (AvgIpc) is 2.16. The number of nitrogens with one attached hydrogen (secondary N) is 1. The molecule has 0 saturated heterocycles. The van der Waals surface area contributed by atoms with Crippen LogP contribution in [0.5, 0.6) is 0 Å². The number of carbonyl (C=O) groups excluding carboxylic acids is 1. The zero-order valence-electron chi connectivity index (χ0n) is 8.70. The van der Waals surface area contributed by atoms with Crippen LogP contribution in [0.1, 0.15) is 26.2 Å². The molecule has 5 nitrogen and oxygen atoms in total. The molecule has 0 aromatic carbocycles. The summed E-state index contributed by atoms with van der Waals surface area (Å²) in [6.45, 7) is 2.30. The van der Waals surface area contributed by atoms with Gasteiger partial charge in [0, 0.05) is 6.54 Å². The lowest BCUT2D eigenvalue weighted by Gasteiger charge is -2.08. The Bertz CT molecular complexity index is 221. The van der Waals surface area contributed by atoms with Crippen LogP contribution in [0.25, 0.3) is 0 Å². The maximum Gasteiger partial charge on any atom is 0.320 e. The molecule has 0 aromatic rings. The van der Waals surface area contributed by atoms with E-state index in [2.05, 4.69) is 21.2 Å². The lowest BCUT2D eigenvalue weighted by Crippen LogP contribution is -2.31. The van der Waals surface area contributed by atoms with Gasteiger partial charge >= 0.3 is 5.97 Å². The Hall–Kier alpha value is -0.620. The van der Waals surface area contributed by atoms with Gasteiger partial charge < -0.3 is 16.2 Å². The van der Waals surface area contributed by atoms with Gasteiger partial charge in [0.1, 0.15) is 6.04 Å². The first-order valence-corrected chi connectivity index (χ1v) is 5.77. The van der Waals surface area contributed by atoms with E-state index in [0.29, 0.717) is 19.4 Å². The molecule has 0 fully saturated rings. The summed E-state index contributed by atoms with van der Waals surface area (Å²) in [6, 6.07) is -0.796. The summed E-state index contributed by atoms with van der Waals surface area (Å²) in [4.78, 5) is 21.2. The number of hydrogen-bond donors (Lipinski definition) is 3. The Balaban J connectivity index is 3.40. The Morgan fingerprint density at radius 2 is 2.07 bits per heavy atom. The molecule has 1 unspecified atom stereocenters. The Morgan fingerprint density at radius 3 is 2.53 bits per heavy atom. The quantitative estimate of drug-likeness (QED) is 0.467. The molecule has 0 aliphatic carbocycles. The monoisotopic (exact) mass is 280 g/mol. The molecule has 88 valence electrons. The molecule has 0 spiro atoms. The third kappa shape index (κ3) is 7.33. The predicted octanol–water partition coefficient (Wildman–Crippen LogP) is 0.468. The summed E-state index contributed by atoms with van der Waals surface area (Å²) in [5, 5.41) is 11.2. The van der Waals surface area contributed by atoms with E-state index in [9.17, 15) is 9.59 Å². The van der Waals surface area contributed by atoms with E-state index in [-0.39, 0.29) is 10.7 Å². The number of carboxylic acids is 1. The highest BCUT2D eigenvalue weighted by molar-refractivity contribution is 9.10. The number of carbonyl (C=O) groups is 2. The van der Waals surface area contributed by atoms with E-state index >= 15 is 0 Å². The van der Waals surface area contributed by atoms with E-state index in [1.54, 1.807) is 6.92 Å². The smallest absolute Gasteiger partial charge is 0.320 e. The normalized spacial score (nSPS) is 14.3. The van der Waals surface area contributed by atoms with Crippen molar-refractivity contribution in [3.8, 4) is 0 Å². The fourth-order valence-electron chi connectivity index (χ4n) is 0.965. The predicted molar refractivity (Wildman–Crippen MR) is 60.9 cm³/mol. The van der Waals surface area contributed by atoms with Crippen LogP contribution >= 0.6 is 15.9 Å². The van der Waals surface area contributed by atoms with Crippen LogP contribution in [0.2, 0.25) is 0 Å². The van der Waals surface area contributed by atoms with Gasteiger partial charge in [-0.2, -0.15) is 0 Å². The standard InChI is InChI=1S/C9H17BrN2O3/c1-6(10)8(13)12-5-3-2-4-7(11)9(14)15/h6-7H,2-5,11H2,1H3,(H,12,13)(H,14,15)/t6?,7-/m0/s1. The van der Waals surface area contributed by atoms with Crippen molar-refractivity contribution in [1.82, 2.24) is 5.32 Å². The number of unbranched alkanes of at least 4 members (excludes halogenated alkanes) is 1. The van der Waals surface area contributed by atoms with E-state index in [0.717, 1.165) is 6.42 Å². The molecule has 2 atom stereocenters. The van der Waals surface area contributed by atoms with Crippen molar-refractivity contribution in [2.75, 3.05) is 6.54 Å². The van der Waals surface area contributed by atoms with Gasteiger partial charge in [-0.25, -0.2) is 0 Å². The second-order valence-corrected chi connectivity index (χ2v) is 4.72. The Morgan fingerprint density at radius 1 is 1.47 bits per heavy atom. The van der Waals surface area contributed by atoms with Gasteiger partial charge in [-0.3, -0.25) is 9.59 Å². The van der Waals surface area contributed by atoms with E-state index in [1.165, 1.54) is 0 Å². The molecule has 0 heterocycles. The van der Waals surface area contributed by atoms with Crippen molar-refractivity contribution in [3.05, 3.63) is 0 Å². The number of rotatable bonds is 7. The molecular formula is C9H17BrN2O3. The first kappa shape index (κ1) is 14.4. The summed E-state index contributed by atoms with van der Waals surface area (Å²) >= 11 is 3.14. The summed E-state index contributed by atoms with van der Waals surface area (Å²) < 4.78 is 0. The molecule has 6 heteroatoms. The lowest BCUT2D eigenvalue weighted by molar-refractivity contribution is -0.138. The fraction of sp³-hybridized carbons (Fsp3) is 0.778. The van der Waals surface area contributed by atoms with Gasteiger partial charge in [-0.15, -0.1) is 0 Å². The molecule has 0 rings (SSSR count). The van der Waals surface area contributed by atoms with Crippen LogP contribution in [-0.2, 0) is 9.59 Å². The molecule has 0 saturated carbocycles. The van der Waals surface area contributed by atoms with Crippen LogP contribution in [0.4, 0.5) is 0 Å². The first-order chi connectivity index (χ1) is 6.95. The van der Waals surface area contributed by atoms with Gasteiger partial charge in [0.05, 0.1) is 4.83 Å². The van der Waals surface area contributed by atoms with Gasteiger partial charge in [0.15, 0.2) is 0 Å².